The number of amides is 1. The van der Waals surface area contributed by atoms with E-state index in [-0.39, 0.29) is 12.5 Å². The maximum atomic E-state index is 11.9. The molecule has 0 radical (unpaired) electrons. The van der Waals surface area contributed by atoms with Crippen molar-refractivity contribution in [3.05, 3.63) is 34.9 Å². The van der Waals surface area contributed by atoms with E-state index in [1.807, 2.05) is 26.0 Å². The van der Waals surface area contributed by atoms with E-state index in [0.717, 1.165) is 11.1 Å². The molecule has 1 rings (SSSR count). The first-order chi connectivity index (χ1) is 8.45. The number of hydrogen-bond acceptors (Lipinski definition) is 3. The van der Waals surface area contributed by atoms with Gasteiger partial charge in [0.2, 0.25) is 0 Å². The standard InChI is InChI=1S/C13H17NO4/c1-8-4-5-10(9(2)6-8)12(15)14-7-11(18-3)13(16)17/h4-6,11H,7H2,1-3H3,(H,14,15)(H,16,17). The summed E-state index contributed by atoms with van der Waals surface area (Å²) >= 11 is 0. The molecule has 0 aromatic heterocycles. The van der Waals surface area contributed by atoms with Crippen molar-refractivity contribution in [3.63, 3.8) is 0 Å². The van der Waals surface area contributed by atoms with Crippen LogP contribution in [0.2, 0.25) is 0 Å². The molecule has 0 aliphatic carbocycles. The van der Waals surface area contributed by atoms with E-state index in [4.69, 9.17) is 9.84 Å². The van der Waals surface area contributed by atoms with Gasteiger partial charge >= 0.3 is 5.97 Å². The molecular weight excluding hydrogens is 234 g/mol. The molecule has 0 saturated carbocycles. The Morgan fingerprint density at radius 1 is 1.39 bits per heavy atom. The number of aryl methyl sites for hydroxylation is 2. The Balaban J connectivity index is 2.68. The number of methoxy groups -OCH3 is 1. The number of carbonyl (C=O) groups excluding carboxylic acids is 1. The number of nitrogens with one attached hydrogen (secondary N) is 1. The molecule has 1 unspecified atom stereocenters. The summed E-state index contributed by atoms with van der Waals surface area (Å²) < 4.78 is 4.73. The Kier molecular flexibility index (Phi) is 4.85. The third-order valence-corrected chi connectivity index (χ3v) is 2.63. The van der Waals surface area contributed by atoms with Crippen molar-refractivity contribution in [2.24, 2.45) is 0 Å². The zero-order valence-electron chi connectivity index (χ0n) is 10.7. The number of carbonyl (C=O) groups is 2. The Morgan fingerprint density at radius 2 is 2.06 bits per heavy atom. The topological polar surface area (TPSA) is 75.6 Å². The van der Waals surface area contributed by atoms with Crippen molar-refractivity contribution in [2.75, 3.05) is 13.7 Å². The van der Waals surface area contributed by atoms with Crippen molar-refractivity contribution in [1.82, 2.24) is 5.32 Å². The number of rotatable bonds is 5. The minimum atomic E-state index is -1.10. The van der Waals surface area contributed by atoms with Gasteiger partial charge in [-0.25, -0.2) is 4.79 Å². The average molecular weight is 251 g/mol. The lowest BCUT2D eigenvalue weighted by atomic mass is 10.1. The van der Waals surface area contributed by atoms with Gasteiger partial charge in [0.15, 0.2) is 6.10 Å². The van der Waals surface area contributed by atoms with E-state index in [9.17, 15) is 9.59 Å². The second-order valence-electron chi connectivity index (χ2n) is 4.09. The van der Waals surface area contributed by atoms with Gasteiger partial charge in [0, 0.05) is 12.7 Å². The number of ether oxygens (including phenoxy) is 1. The Bertz CT molecular complexity index is 456. The smallest absolute Gasteiger partial charge is 0.334 e. The monoisotopic (exact) mass is 251 g/mol. The second kappa shape index (κ2) is 6.16. The largest absolute Gasteiger partial charge is 0.479 e. The fraction of sp³-hybridized carbons (Fsp3) is 0.385. The zero-order chi connectivity index (χ0) is 13.7. The van der Waals surface area contributed by atoms with Gasteiger partial charge in [-0.15, -0.1) is 0 Å². The molecule has 1 aromatic carbocycles. The lowest BCUT2D eigenvalue weighted by Crippen LogP contribution is -2.38. The van der Waals surface area contributed by atoms with Crippen molar-refractivity contribution in [1.29, 1.82) is 0 Å². The fourth-order valence-corrected chi connectivity index (χ4v) is 1.62. The molecule has 0 spiro atoms. The maximum absolute atomic E-state index is 11.9. The molecule has 5 heteroatoms. The van der Waals surface area contributed by atoms with Crippen LogP contribution in [-0.2, 0) is 9.53 Å². The predicted molar refractivity (Wildman–Crippen MR) is 66.7 cm³/mol. The highest BCUT2D eigenvalue weighted by Gasteiger charge is 2.18. The molecule has 1 atom stereocenters. The Morgan fingerprint density at radius 3 is 2.56 bits per heavy atom. The average Bonchev–Trinajstić information content (AvgIpc) is 2.28. The molecule has 18 heavy (non-hydrogen) atoms. The van der Waals surface area contributed by atoms with E-state index in [1.54, 1.807) is 6.07 Å². The van der Waals surface area contributed by atoms with Gasteiger partial charge in [-0.05, 0) is 25.5 Å². The SMILES string of the molecule is COC(CNC(=O)c1ccc(C)cc1C)C(=O)O. The first-order valence-electron chi connectivity index (χ1n) is 5.56. The Hall–Kier alpha value is -1.88. The van der Waals surface area contributed by atoms with Gasteiger partial charge in [0.05, 0.1) is 6.54 Å². The number of hydrogen-bond donors (Lipinski definition) is 2. The lowest BCUT2D eigenvalue weighted by Gasteiger charge is -2.12. The summed E-state index contributed by atoms with van der Waals surface area (Å²) in [6.45, 7) is 3.73. The summed E-state index contributed by atoms with van der Waals surface area (Å²) in [6.07, 6.45) is -1.03. The van der Waals surface area contributed by atoms with E-state index in [2.05, 4.69) is 5.32 Å². The van der Waals surface area contributed by atoms with E-state index in [1.165, 1.54) is 7.11 Å². The third-order valence-electron chi connectivity index (χ3n) is 2.63. The first kappa shape index (κ1) is 14.2. The van der Waals surface area contributed by atoms with E-state index >= 15 is 0 Å². The van der Waals surface area contributed by atoms with Crippen LogP contribution in [0.25, 0.3) is 0 Å². The highest BCUT2D eigenvalue weighted by atomic mass is 16.5. The minimum Gasteiger partial charge on any atom is -0.479 e. The highest BCUT2D eigenvalue weighted by molar-refractivity contribution is 5.95. The Labute approximate surface area is 106 Å². The molecule has 1 aromatic rings. The van der Waals surface area contributed by atoms with Crippen LogP contribution >= 0.6 is 0 Å². The van der Waals surface area contributed by atoms with E-state index in [0.29, 0.717) is 5.56 Å². The molecule has 0 fully saturated rings. The summed E-state index contributed by atoms with van der Waals surface area (Å²) in [6, 6.07) is 5.47. The van der Waals surface area contributed by atoms with Gasteiger partial charge in [0.1, 0.15) is 0 Å². The molecular formula is C13H17NO4. The molecule has 5 nitrogen and oxygen atoms in total. The summed E-state index contributed by atoms with van der Waals surface area (Å²) in [7, 11) is 1.29. The molecule has 0 aliphatic rings. The molecule has 0 saturated heterocycles. The number of carboxylic acid groups (broad SMARTS) is 1. The number of benzene rings is 1. The van der Waals surface area contributed by atoms with Gasteiger partial charge in [0.25, 0.3) is 5.91 Å². The molecule has 2 N–H and O–H groups in total. The summed E-state index contributed by atoms with van der Waals surface area (Å²) in [4.78, 5) is 22.6. The van der Waals surface area contributed by atoms with Crippen LogP contribution in [0, 0.1) is 13.8 Å². The number of aliphatic carboxylic acids is 1. The van der Waals surface area contributed by atoms with Gasteiger partial charge in [-0.2, -0.15) is 0 Å². The maximum Gasteiger partial charge on any atom is 0.334 e. The summed E-state index contributed by atoms with van der Waals surface area (Å²) in [5.41, 5.74) is 2.47. The van der Waals surface area contributed by atoms with Crippen LogP contribution in [0.1, 0.15) is 21.5 Å². The minimum absolute atomic E-state index is 0.0576. The van der Waals surface area contributed by atoms with Gasteiger partial charge in [-0.3, -0.25) is 4.79 Å². The van der Waals surface area contributed by atoms with Crippen molar-refractivity contribution in [3.8, 4) is 0 Å². The molecule has 1 amide bonds. The van der Waals surface area contributed by atoms with Crippen LogP contribution in [0.5, 0.6) is 0 Å². The van der Waals surface area contributed by atoms with Crippen LogP contribution < -0.4 is 5.32 Å². The van der Waals surface area contributed by atoms with Crippen LogP contribution in [0.15, 0.2) is 18.2 Å². The van der Waals surface area contributed by atoms with E-state index < -0.39 is 12.1 Å². The van der Waals surface area contributed by atoms with Gasteiger partial charge < -0.3 is 15.2 Å². The second-order valence-corrected chi connectivity index (χ2v) is 4.09. The van der Waals surface area contributed by atoms with Crippen LogP contribution in [0.4, 0.5) is 0 Å². The van der Waals surface area contributed by atoms with Crippen LogP contribution in [-0.4, -0.2) is 36.7 Å². The first-order valence-corrected chi connectivity index (χ1v) is 5.56. The van der Waals surface area contributed by atoms with Gasteiger partial charge in [-0.1, -0.05) is 17.7 Å². The predicted octanol–water partition coefficient (Wildman–Crippen LogP) is 1.13. The quantitative estimate of drug-likeness (QED) is 0.822. The molecule has 98 valence electrons. The normalized spacial score (nSPS) is 11.9. The van der Waals surface area contributed by atoms with Crippen molar-refractivity contribution >= 4 is 11.9 Å². The fourth-order valence-electron chi connectivity index (χ4n) is 1.62. The zero-order valence-corrected chi connectivity index (χ0v) is 10.7. The third kappa shape index (κ3) is 3.56. The van der Waals surface area contributed by atoms with Crippen molar-refractivity contribution < 1.29 is 19.4 Å². The highest BCUT2D eigenvalue weighted by Crippen LogP contribution is 2.10. The molecule has 0 aliphatic heterocycles. The van der Waals surface area contributed by atoms with Crippen molar-refractivity contribution in [2.45, 2.75) is 20.0 Å². The number of carboxylic acids is 1. The lowest BCUT2D eigenvalue weighted by molar-refractivity contribution is -0.148. The van der Waals surface area contributed by atoms with Crippen LogP contribution in [0.3, 0.4) is 0 Å². The molecule has 0 bridgehead atoms. The summed E-state index contributed by atoms with van der Waals surface area (Å²) in [5.74, 6) is -1.39. The summed E-state index contributed by atoms with van der Waals surface area (Å²) in [5, 5.41) is 11.3. The molecule has 0 heterocycles.